The Balaban J connectivity index is 2.46. The van der Waals surface area contributed by atoms with Crippen LogP contribution in [0.5, 0.6) is 0 Å². The quantitative estimate of drug-likeness (QED) is 0.779. The Kier molecular flexibility index (Phi) is 4.53. The maximum Gasteiger partial charge on any atom is 0.0753 e. The van der Waals surface area contributed by atoms with E-state index in [1.807, 2.05) is 6.20 Å². The molecule has 2 unspecified atom stereocenters. The lowest BCUT2D eigenvalue weighted by Crippen LogP contribution is -2.29. The van der Waals surface area contributed by atoms with Gasteiger partial charge in [-0.3, -0.25) is 9.97 Å². The highest BCUT2D eigenvalue weighted by Crippen LogP contribution is 2.09. The van der Waals surface area contributed by atoms with Crippen molar-refractivity contribution in [1.29, 1.82) is 0 Å². The fourth-order valence-corrected chi connectivity index (χ4v) is 1.56. The maximum atomic E-state index is 4.27. The van der Waals surface area contributed by atoms with Crippen LogP contribution in [-0.2, 0) is 0 Å². The van der Waals surface area contributed by atoms with Gasteiger partial charge in [0, 0.05) is 30.7 Å². The molecule has 14 heavy (non-hydrogen) atoms. The van der Waals surface area contributed by atoms with Gasteiger partial charge in [0.05, 0.1) is 5.69 Å². The smallest absolute Gasteiger partial charge is 0.0753 e. The van der Waals surface area contributed by atoms with E-state index in [2.05, 4.69) is 36.1 Å². The van der Waals surface area contributed by atoms with E-state index in [9.17, 15) is 0 Å². The standard InChI is InChI=1S/C11H19N3/c1-4-5-9(2)14-10(3)11-8-12-6-7-13-11/h6-10,14H,4-5H2,1-3H3. The number of nitrogens with zero attached hydrogens (tertiary/aromatic N) is 2. The van der Waals surface area contributed by atoms with Gasteiger partial charge in [-0.05, 0) is 20.3 Å². The van der Waals surface area contributed by atoms with E-state index >= 15 is 0 Å². The first-order valence-electron chi connectivity index (χ1n) is 5.26. The van der Waals surface area contributed by atoms with Gasteiger partial charge in [0.15, 0.2) is 0 Å². The summed E-state index contributed by atoms with van der Waals surface area (Å²) in [5.41, 5.74) is 1.01. The van der Waals surface area contributed by atoms with Crippen LogP contribution in [-0.4, -0.2) is 16.0 Å². The van der Waals surface area contributed by atoms with Gasteiger partial charge in [-0.2, -0.15) is 0 Å². The minimum atomic E-state index is 0.283. The molecule has 0 saturated carbocycles. The van der Waals surface area contributed by atoms with Crippen molar-refractivity contribution in [2.24, 2.45) is 0 Å². The lowest BCUT2D eigenvalue weighted by atomic mass is 10.1. The molecular weight excluding hydrogens is 174 g/mol. The SMILES string of the molecule is CCCC(C)NC(C)c1cnccn1. The summed E-state index contributed by atoms with van der Waals surface area (Å²) in [6.07, 6.45) is 7.66. The summed E-state index contributed by atoms with van der Waals surface area (Å²) in [7, 11) is 0. The first-order chi connectivity index (χ1) is 6.74. The molecule has 0 spiro atoms. The molecule has 0 aliphatic rings. The third-order valence-electron chi connectivity index (χ3n) is 2.28. The van der Waals surface area contributed by atoms with Crippen LogP contribution in [0, 0.1) is 0 Å². The molecule has 0 aromatic carbocycles. The summed E-state index contributed by atoms with van der Waals surface area (Å²) in [6.45, 7) is 6.53. The molecule has 1 rings (SSSR count). The highest BCUT2D eigenvalue weighted by molar-refractivity contribution is 5.00. The summed E-state index contributed by atoms with van der Waals surface area (Å²) in [5, 5.41) is 3.49. The molecule has 0 saturated heterocycles. The highest BCUT2D eigenvalue weighted by Gasteiger charge is 2.09. The van der Waals surface area contributed by atoms with Crippen LogP contribution in [0.4, 0.5) is 0 Å². The molecule has 0 fully saturated rings. The molecule has 0 aliphatic heterocycles. The van der Waals surface area contributed by atoms with Gasteiger partial charge < -0.3 is 5.32 Å². The summed E-state index contributed by atoms with van der Waals surface area (Å²) in [4.78, 5) is 8.32. The molecule has 78 valence electrons. The van der Waals surface area contributed by atoms with Crippen LogP contribution in [0.25, 0.3) is 0 Å². The summed E-state index contributed by atoms with van der Waals surface area (Å²) < 4.78 is 0. The Morgan fingerprint density at radius 3 is 2.71 bits per heavy atom. The number of nitrogens with one attached hydrogen (secondary N) is 1. The normalized spacial score (nSPS) is 15.1. The van der Waals surface area contributed by atoms with Crippen molar-refractivity contribution in [3.05, 3.63) is 24.3 Å². The highest BCUT2D eigenvalue weighted by atomic mass is 15.0. The van der Waals surface area contributed by atoms with E-state index in [0.717, 1.165) is 5.69 Å². The average Bonchev–Trinajstić information content (AvgIpc) is 2.19. The van der Waals surface area contributed by atoms with Crippen molar-refractivity contribution >= 4 is 0 Å². The van der Waals surface area contributed by atoms with Crippen molar-refractivity contribution in [2.45, 2.75) is 45.7 Å². The molecule has 1 aromatic heterocycles. The maximum absolute atomic E-state index is 4.27. The third kappa shape index (κ3) is 3.42. The minimum Gasteiger partial charge on any atom is -0.306 e. The topological polar surface area (TPSA) is 37.8 Å². The second-order valence-electron chi connectivity index (χ2n) is 3.71. The van der Waals surface area contributed by atoms with Crippen LogP contribution in [0.15, 0.2) is 18.6 Å². The van der Waals surface area contributed by atoms with Crippen molar-refractivity contribution < 1.29 is 0 Å². The van der Waals surface area contributed by atoms with E-state index in [0.29, 0.717) is 6.04 Å². The molecule has 0 amide bonds. The fraction of sp³-hybridized carbons (Fsp3) is 0.636. The second kappa shape index (κ2) is 5.70. The van der Waals surface area contributed by atoms with Crippen LogP contribution < -0.4 is 5.32 Å². The van der Waals surface area contributed by atoms with Gasteiger partial charge in [0.2, 0.25) is 0 Å². The van der Waals surface area contributed by atoms with Gasteiger partial charge in [-0.1, -0.05) is 13.3 Å². The summed E-state index contributed by atoms with van der Waals surface area (Å²) >= 11 is 0. The fourth-order valence-electron chi connectivity index (χ4n) is 1.56. The van der Waals surface area contributed by atoms with E-state index in [1.165, 1.54) is 12.8 Å². The Labute approximate surface area is 86.0 Å². The van der Waals surface area contributed by atoms with Gasteiger partial charge in [-0.25, -0.2) is 0 Å². The van der Waals surface area contributed by atoms with Crippen LogP contribution >= 0.6 is 0 Å². The number of hydrogen-bond acceptors (Lipinski definition) is 3. The van der Waals surface area contributed by atoms with Crippen molar-refractivity contribution in [1.82, 2.24) is 15.3 Å². The zero-order chi connectivity index (χ0) is 10.4. The Hall–Kier alpha value is -0.960. The zero-order valence-electron chi connectivity index (χ0n) is 9.20. The predicted molar refractivity (Wildman–Crippen MR) is 58.0 cm³/mol. The minimum absolute atomic E-state index is 0.283. The molecule has 3 heteroatoms. The molecule has 0 aliphatic carbocycles. The summed E-state index contributed by atoms with van der Waals surface area (Å²) in [5.74, 6) is 0. The third-order valence-corrected chi connectivity index (χ3v) is 2.28. The molecule has 0 radical (unpaired) electrons. The zero-order valence-corrected chi connectivity index (χ0v) is 9.20. The number of hydrogen-bond donors (Lipinski definition) is 1. The molecule has 1 aromatic rings. The largest absolute Gasteiger partial charge is 0.306 e. The van der Waals surface area contributed by atoms with Gasteiger partial charge in [0.1, 0.15) is 0 Å². The van der Waals surface area contributed by atoms with E-state index in [-0.39, 0.29) is 6.04 Å². The molecular formula is C11H19N3. The monoisotopic (exact) mass is 193 g/mol. The first kappa shape index (κ1) is 11.1. The average molecular weight is 193 g/mol. The van der Waals surface area contributed by atoms with Crippen molar-refractivity contribution in [3.63, 3.8) is 0 Å². The van der Waals surface area contributed by atoms with Crippen molar-refractivity contribution in [3.8, 4) is 0 Å². The molecule has 0 bridgehead atoms. The predicted octanol–water partition coefficient (Wildman–Crippen LogP) is 2.32. The van der Waals surface area contributed by atoms with Gasteiger partial charge in [0.25, 0.3) is 0 Å². The molecule has 1 heterocycles. The van der Waals surface area contributed by atoms with E-state index < -0.39 is 0 Å². The Bertz CT molecular complexity index is 248. The molecule has 2 atom stereocenters. The van der Waals surface area contributed by atoms with Crippen LogP contribution in [0.3, 0.4) is 0 Å². The number of aromatic nitrogens is 2. The van der Waals surface area contributed by atoms with Crippen LogP contribution in [0.2, 0.25) is 0 Å². The van der Waals surface area contributed by atoms with E-state index in [4.69, 9.17) is 0 Å². The molecule has 3 nitrogen and oxygen atoms in total. The first-order valence-corrected chi connectivity index (χ1v) is 5.26. The Morgan fingerprint density at radius 1 is 1.36 bits per heavy atom. The molecule has 1 N–H and O–H groups in total. The van der Waals surface area contributed by atoms with Gasteiger partial charge in [-0.15, -0.1) is 0 Å². The van der Waals surface area contributed by atoms with Crippen LogP contribution in [0.1, 0.15) is 45.3 Å². The lowest BCUT2D eigenvalue weighted by Gasteiger charge is -2.18. The van der Waals surface area contributed by atoms with Gasteiger partial charge >= 0.3 is 0 Å². The van der Waals surface area contributed by atoms with Crippen molar-refractivity contribution in [2.75, 3.05) is 0 Å². The second-order valence-corrected chi connectivity index (χ2v) is 3.71. The lowest BCUT2D eigenvalue weighted by molar-refractivity contribution is 0.446. The van der Waals surface area contributed by atoms with E-state index in [1.54, 1.807) is 12.4 Å². The Morgan fingerprint density at radius 2 is 2.14 bits per heavy atom. The summed E-state index contributed by atoms with van der Waals surface area (Å²) in [6, 6.07) is 0.822. The number of rotatable bonds is 5.